The van der Waals surface area contributed by atoms with Crippen LogP contribution in [-0.2, 0) is 22.5 Å². The highest BCUT2D eigenvalue weighted by atomic mass is 19.4. The number of aromatic nitrogens is 1. The summed E-state index contributed by atoms with van der Waals surface area (Å²) in [5.74, 6) is -1.56. The summed E-state index contributed by atoms with van der Waals surface area (Å²) in [5.41, 5.74) is 11.4. The van der Waals surface area contributed by atoms with Crippen molar-refractivity contribution < 1.29 is 27.4 Å². The summed E-state index contributed by atoms with van der Waals surface area (Å²) in [4.78, 5) is 14.8. The van der Waals surface area contributed by atoms with Crippen molar-refractivity contribution in [1.29, 1.82) is 0 Å². The number of anilines is 1. The first-order chi connectivity index (χ1) is 9.26. The average Bonchev–Trinajstić information content (AvgIpc) is 2.26. The van der Waals surface area contributed by atoms with Crippen molar-refractivity contribution in [3.63, 3.8) is 0 Å². The number of halogens is 3. The largest absolute Gasteiger partial charge is 0.574 e. The van der Waals surface area contributed by atoms with Gasteiger partial charge in [-0.05, 0) is 12.5 Å². The van der Waals surface area contributed by atoms with E-state index >= 15 is 0 Å². The molecule has 0 amide bonds. The zero-order valence-electron chi connectivity index (χ0n) is 10.7. The van der Waals surface area contributed by atoms with Gasteiger partial charge in [-0.3, -0.25) is 4.79 Å². The van der Waals surface area contributed by atoms with Crippen molar-refractivity contribution >= 4 is 11.8 Å². The molecule has 112 valence electrons. The zero-order chi connectivity index (χ0) is 15.3. The lowest BCUT2D eigenvalue weighted by atomic mass is 10.1. The minimum absolute atomic E-state index is 0.0696. The Morgan fingerprint density at radius 2 is 2.10 bits per heavy atom. The Balaban J connectivity index is 3.09. The summed E-state index contributed by atoms with van der Waals surface area (Å²) < 4.78 is 44.9. The van der Waals surface area contributed by atoms with Gasteiger partial charge >= 0.3 is 12.3 Å². The van der Waals surface area contributed by atoms with Crippen LogP contribution < -0.4 is 16.2 Å². The Kier molecular flexibility index (Phi) is 5.14. The molecule has 0 spiro atoms. The highest BCUT2D eigenvalue weighted by Gasteiger charge is 2.32. The number of ether oxygens (including phenoxy) is 2. The maximum Gasteiger partial charge on any atom is 0.574 e. The number of esters is 1. The number of hydrogen-bond acceptors (Lipinski definition) is 6. The fraction of sp³-hybridized carbons (Fsp3) is 0.455. The summed E-state index contributed by atoms with van der Waals surface area (Å²) in [6, 6.07) is 0.975. The van der Waals surface area contributed by atoms with Crippen molar-refractivity contribution in [2.24, 2.45) is 5.73 Å². The van der Waals surface area contributed by atoms with Crippen LogP contribution in [0.3, 0.4) is 0 Å². The third-order valence-electron chi connectivity index (χ3n) is 2.29. The number of hydrogen-bond donors (Lipinski definition) is 2. The van der Waals surface area contributed by atoms with E-state index in [-0.39, 0.29) is 36.5 Å². The van der Waals surface area contributed by atoms with Crippen LogP contribution in [0.2, 0.25) is 0 Å². The van der Waals surface area contributed by atoms with Gasteiger partial charge in [0.25, 0.3) is 0 Å². The van der Waals surface area contributed by atoms with Gasteiger partial charge in [-0.15, -0.1) is 13.2 Å². The predicted molar refractivity (Wildman–Crippen MR) is 63.6 cm³/mol. The van der Waals surface area contributed by atoms with Crippen LogP contribution in [0.1, 0.15) is 18.1 Å². The number of carbonyl (C=O) groups excluding carboxylic acids is 1. The molecule has 0 radical (unpaired) electrons. The summed E-state index contributed by atoms with van der Waals surface area (Å²) in [6.45, 7) is 1.70. The minimum atomic E-state index is -4.90. The van der Waals surface area contributed by atoms with Gasteiger partial charge in [0.1, 0.15) is 5.82 Å². The summed E-state index contributed by atoms with van der Waals surface area (Å²) in [5, 5.41) is 0. The molecule has 20 heavy (non-hydrogen) atoms. The fourth-order valence-electron chi connectivity index (χ4n) is 1.55. The van der Waals surface area contributed by atoms with Crippen LogP contribution in [0.5, 0.6) is 5.88 Å². The van der Waals surface area contributed by atoms with Gasteiger partial charge in [0.2, 0.25) is 5.88 Å². The number of alkyl halides is 3. The van der Waals surface area contributed by atoms with Crippen LogP contribution in [-0.4, -0.2) is 23.9 Å². The molecule has 0 aliphatic rings. The number of nitrogens with two attached hydrogens (primary N) is 2. The maximum absolute atomic E-state index is 12.2. The van der Waals surface area contributed by atoms with E-state index in [1.165, 1.54) is 0 Å². The first kappa shape index (κ1) is 16.0. The predicted octanol–water partition coefficient (Wildman–Crippen LogP) is 1.13. The lowest BCUT2D eigenvalue weighted by Gasteiger charge is -2.13. The third kappa shape index (κ3) is 4.57. The van der Waals surface area contributed by atoms with Crippen LogP contribution in [0, 0.1) is 0 Å². The monoisotopic (exact) mass is 293 g/mol. The second-order valence-electron chi connectivity index (χ2n) is 3.72. The molecule has 6 nitrogen and oxygen atoms in total. The summed E-state index contributed by atoms with van der Waals surface area (Å²) in [7, 11) is 0. The van der Waals surface area contributed by atoms with Gasteiger partial charge in [-0.1, -0.05) is 0 Å². The second kappa shape index (κ2) is 6.42. The SMILES string of the molecule is CCOC(=O)Cc1cc(OC(F)(F)F)nc(N)c1CN. The van der Waals surface area contributed by atoms with Gasteiger partial charge in [-0.25, -0.2) is 0 Å². The van der Waals surface area contributed by atoms with E-state index in [2.05, 4.69) is 9.72 Å². The summed E-state index contributed by atoms with van der Waals surface area (Å²) >= 11 is 0. The smallest absolute Gasteiger partial charge is 0.466 e. The number of nitrogens with zero attached hydrogens (tertiary/aromatic N) is 1. The Hall–Kier alpha value is -2.03. The molecule has 4 N–H and O–H groups in total. The van der Waals surface area contributed by atoms with Crippen LogP contribution in [0.15, 0.2) is 6.07 Å². The first-order valence-corrected chi connectivity index (χ1v) is 5.66. The second-order valence-corrected chi connectivity index (χ2v) is 3.72. The van der Waals surface area contributed by atoms with Crippen molar-refractivity contribution in [1.82, 2.24) is 4.98 Å². The van der Waals surface area contributed by atoms with Gasteiger partial charge in [0.15, 0.2) is 0 Å². The topological polar surface area (TPSA) is 100 Å². The van der Waals surface area contributed by atoms with E-state index in [9.17, 15) is 18.0 Å². The molecule has 0 atom stereocenters. The lowest BCUT2D eigenvalue weighted by Crippen LogP contribution is -2.20. The normalized spacial score (nSPS) is 11.2. The molecule has 0 bridgehead atoms. The molecule has 0 saturated carbocycles. The van der Waals surface area contributed by atoms with E-state index in [1.54, 1.807) is 6.92 Å². The third-order valence-corrected chi connectivity index (χ3v) is 2.29. The zero-order valence-corrected chi connectivity index (χ0v) is 10.7. The lowest BCUT2D eigenvalue weighted by molar-refractivity contribution is -0.276. The molecule has 1 heterocycles. The van der Waals surface area contributed by atoms with E-state index in [1.807, 2.05) is 0 Å². The van der Waals surface area contributed by atoms with Crippen molar-refractivity contribution in [3.05, 3.63) is 17.2 Å². The van der Waals surface area contributed by atoms with Gasteiger partial charge in [0.05, 0.1) is 13.0 Å². The standard InChI is InChI=1S/C11H14F3N3O3/c1-2-19-9(18)4-6-3-8(20-11(12,13)14)17-10(16)7(6)5-15/h3H,2,4-5,15H2,1H3,(H2,16,17). The van der Waals surface area contributed by atoms with Gasteiger partial charge in [0, 0.05) is 18.2 Å². The van der Waals surface area contributed by atoms with Gasteiger partial charge in [-0.2, -0.15) is 4.98 Å². The fourth-order valence-corrected chi connectivity index (χ4v) is 1.55. The van der Waals surface area contributed by atoms with Crippen LogP contribution >= 0.6 is 0 Å². The summed E-state index contributed by atoms with van der Waals surface area (Å²) in [6.07, 6.45) is -5.16. The first-order valence-electron chi connectivity index (χ1n) is 5.66. The molecule has 1 rings (SSSR count). The number of carbonyl (C=O) groups is 1. The highest BCUT2D eigenvalue weighted by Crippen LogP contribution is 2.26. The molecule has 0 fully saturated rings. The van der Waals surface area contributed by atoms with Crippen molar-refractivity contribution in [2.45, 2.75) is 26.3 Å². The Labute approximate surface area is 112 Å². The quantitative estimate of drug-likeness (QED) is 0.789. The maximum atomic E-state index is 12.2. The molecular weight excluding hydrogens is 279 g/mol. The molecule has 0 aromatic carbocycles. The Bertz CT molecular complexity index is 492. The Morgan fingerprint density at radius 1 is 1.45 bits per heavy atom. The molecule has 0 aliphatic heterocycles. The average molecular weight is 293 g/mol. The number of pyridine rings is 1. The number of rotatable bonds is 5. The minimum Gasteiger partial charge on any atom is -0.466 e. The van der Waals surface area contributed by atoms with E-state index in [4.69, 9.17) is 16.2 Å². The highest BCUT2D eigenvalue weighted by molar-refractivity contribution is 5.74. The molecule has 1 aromatic heterocycles. The molecular formula is C11H14F3N3O3. The van der Waals surface area contributed by atoms with Gasteiger partial charge < -0.3 is 20.9 Å². The van der Waals surface area contributed by atoms with Crippen LogP contribution in [0.4, 0.5) is 19.0 Å². The van der Waals surface area contributed by atoms with Crippen molar-refractivity contribution in [3.8, 4) is 5.88 Å². The van der Waals surface area contributed by atoms with Crippen molar-refractivity contribution in [2.75, 3.05) is 12.3 Å². The van der Waals surface area contributed by atoms with E-state index in [0.717, 1.165) is 6.07 Å². The van der Waals surface area contributed by atoms with E-state index in [0.29, 0.717) is 0 Å². The molecule has 0 saturated heterocycles. The van der Waals surface area contributed by atoms with E-state index < -0.39 is 18.2 Å². The molecule has 0 unspecified atom stereocenters. The number of nitrogen functional groups attached to an aromatic ring is 1. The molecule has 9 heteroatoms. The molecule has 0 aliphatic carbocycles. The van der Waals surface area contributed by atoms with Crippen LogP contribution in [0.25, 0.3) is 0 Å². The molecule has 1 aromatic rings. The Morgan fingerprint density at radius 3 is 2.60 bits per heavy atom.